The Morgan fingerprint density at radius 1 is 0.889 bits per heavy atom. The van der Waals surface area contributed by atoms with Crippen LogP contribution in [-0.4, -0.2) is 53.9 Å². The first-order valence-electron chi connectivity index (χ1n) is 14.3. The largest absolute Gasteiger partial charge is 0.388 e. The maximum absolute atomic E-state index is 13.5. The Morgan fingerprint density at radius 2 is 1.62 bits per heavy atom. The number of halogens is 2. The quantitative estimate of drug-likeness (QED) is 0.0863. The van der Waals surface area contributed by atoms with Crippen molar-refractivity contribution in [1.29, 1.82) is 0 Å². The molecular formula is C34H35F2N7O2. The highest BCUT2D eigenvalue weighted by atomic mass is 19.2. The minimum absolute atomic E-state index is 0.0110. The van der Waals surface area contributed by atoms with Gasteiger partial charge >= 0.3 is 0 Å². The summed E-state index contributed by atoms with van der Waals surface area (Å²) in [6.07, 6.45) is 1.72. The van der Waals surface area contributed by atoms with E-state index in [0.29, 0.717) is 29.3 Å². The summed E-state index contributed by atoms with van der Waals surface area (Å²) in [5.74, 6) is 3.11. The lowest BCUT2D eigenvalue weighted by Crippen LogP contribution is -2.37. The van der Waals surface area contributed by atoms with Crippen LogP contribution in [-0.2, 0) is 22.7 Å². The molecule has 0 saturated heterocycles. The van der Waals surface area contributed by atoms with Crippen molar-refractivity contribution in [2.75, 3.05) is 32.5 Å². The number of fused-ring (bicyclic) bond motifs is 1. The zero-order chi connectivity index (χ0) is 32.3. The highest BCUT2D eigenvalue weighted by Crippen LogP contribution is 2.18. The van der Waals surface area contributed by atoms with E-state index in [9.17, 15) is 18.4 Å². The van der Waals surface area contributed by atoms with E-state index in [1.807, 2.05) is 51.4 Å². The molecule has 1 aromatic heterocycles. The maximum atomic E-state index is 13.5. The third-order valence-corrected chi connectivity index (χ3v) is 6.57. The number of anilines is 2. The average Bonchev–Trinajstić information content (AvgIpc) is 3.01. The van der Waals surface area contributed by atoms with Gasteiger partial charge in [-0.2, -0.15) is 0 Å². The van der Waals surface area contributed by atoms with Crippen molar-refractivity contribution in [3.05, 3.63) is 106 Å². The van der Waals surface area contributed by atoms with E-state index in [-0.39, 0.29) is 18.7 Å². The van der Waals surface area contributed by atoms with Crippen LogP contribution in [0.25, 0.3) is 10.9 Å². The van der Waals surface area contributed by atoms with Gasteiger partial charge in [-0.25, -0.2) is 18.7 Å². The number of nitrogens with one attached hydrogen (secondary N) is 4. The molecule has 1 heterocycles. The third kappa shape index (κ3) is 9.32. The second-order valence-corrected chi connectivity index (χ2v) is 10.5. The van der Waals surface area contributed by atoms with Gasteiger partial charge < -0.3 is 26.2 Å². The summed E-state index contributed by atoms with van der Waals surface area (Å²) in [5.41, 5.74) is 4.16. The minimum atomic E-state index is -1.02. The molecular weight excluding hydrogens is 576 g/mol. The Hall–Kier alpha value is -5.34. The van der Waals surface area contributed by atoms with Gasteiger partial charge in [-0.1, -0.05) is 30.0 Å². The van der Waals surface area contributed by atoms with Gasteiger partial charge in [0.1, 0.15) is 5.57 Å². The second kappa shape index (κ2) is 15.4. The predicted molar refractivity (Wildman–Crippen MR) is 171 cm³/mol. The normalized spacial score (nSPS) is 11.4. The fraction of sp³-hybridized carbons (Fsp3) is 0.235. The predicted octanol–water partition coefficient (Wildman–Crippen LogP) is 4.38. The molecule has 0 bridgehead atoms. The molecule has 4 aromatic rings. The van der Waals surface area contributed by atoms with Gasteiger partial charge in [0.05, 0.1) is 12.1 Å². The highest BCUT2D eigenvalue weighted by Gasteiger charge is 2.21. The van der Waals surface area contributed by atoms with Crippen LogP contribution in [0.1, 0.15) is 30.5 Å². The third-order valence-electron chi connectivity index (χ3n) is 6.57. The van der Waals surface area contributed by atoms with Gasteiger partial charge in [-0.3, -0.25) is 9.59 Å². The Bertz CT molecular complexity index is 1780. The molecule has 4 N–H and O–H groups in total. The number of amides is 2. The number of benzene rings is 3. The van der Waals surface area contributed by atoms with E-state index < -0.39 is 23.4 Å². The van der Waals surface area contributed by atoms with E-state index in [4.69, 9.17) is 0 Å². The molecule has 45 heavy (non-hydrogen) atoms. The second-order valence-electron chi connectivity index (χ2n) is 10.5. The lowest BCUT2D eigenvalue weighted by Gasteiger charge is -2.13. The molecule has 0 atom stereocenters. The van der Waals surface area contributed by atoms with Gasteiger partial charge in [0, 0.05) is 48.2 Å². The molecule has 11 heteroatoms. The van der Waals surface area contributed by atoms with Crippen molar-refractivity contribution < 1.29 is 18.4 Å². The van der Waals surface area contributed by atoms with Crippen LogP contribution in [0.5, 0.6) is 0 Å². The Kier molecular flexibility index (Phi) is 11.2. The molecule has 3 aromatic carbocycles. The summed E-state index contributed by atoms with van der Waals surface area (Å²) in [6, 6.07) is 17.0. The van der Waals surface area contributed by atoms with Gasteiger partial charge in [-0.15, -0.1) is 0 Å². The van der Waals surface area contributed by atoms with E-state index >= 15 is 0 Å². The first-order valence-corrected chi connectivity index (χ1v) is 14.3. The number of aromatic nitrogens is 2. The van der Waals surface area contributed by atoms with E-state index in [2.05, 4.69) is 60.1 Å². The van der Waals surface area contributed by atoms with Crippen LogP contribution >= 0.6 is 0 Å². The molecule has 0 spiro atoms. The van der Waals surface area contributed by atoms with Crippen molar-refractivity contribution in [1.82, 2.24) is 30.8 Å². The summed E-state index contributed by atoms with van der Waals surface area (Å²) in [4.78, 5) is 37.0. The standard InChI is InChI=1S/C34H35F2N7O2/c1-5-37-22(2)31(33(45)39-19-25-10-14-28(35)29(36)18-25)32(44)38-16-6-7-23-11-15-30-26(17-23)20-40-34(42-30)41-27-12-8-24(9-13-27)21-43(3)4/h8-15,17-18,20,37H,5,16,19,21H2,1-4H3,(H,38,44)(H,39,45)(H,40,41,42)/b31-22-. The van der Waals surface area contributed by atoms with Crippen LogP contribution in [0.3, 0.4) is 0 Å². The fourth-order valence-corrected chi connectivity index (χ4v) is 4.44. The molecule has 0 radical (unpaired) electrons. The van der Waals surface area contributed by atoms with Crippen molar-refractivity contribution in [3.63, 3.8) is 0 Å². The number of carbonyl (C=O) groups excluding carboxylic acids is 2. The molecule has 0 aliphatic heterocycles. The van der Waals surface area contributed by atoms with Crippen LogP contribution < -0.4 is 21.3 Å². The topological polar surface area (TPSA) is 111 Å². The van der Waals surface area contributed by atoms with Gasteiger partial charge in [0.2, 0.25) is 5.95 Å². The smallest absolute Gasteiger partial charge is 0.259 e. The number of hydrogen-bond acceptors (Lipinski definition) is 7. The molecule has 2 amide bonds. The van der Waals surface area contributed by atoms with E-state index in [0.717, 1.165) is 35.3 Å². The summed E-state index contributed by atoms with van der Waals surface area (Å²) < 4.78 is 26.7. The van der Waals surface area contributed by atoms with Crippen molar-refractivity contribution in [2.24, 2.45) is 0 Å². The first kappa shape index (κ1) is 32.6. The molecule has 0 saturated carbocycles. The zero-order valence-corrected chi connectivity index (χ0v) is 25.6. The summed E-state index contributed by atoms with van der Waals surface area (Å²) in [7, 11) is 4.06. The first-order chi connectivity index (χ1) is 21.6. The molecule has 0 fully saturated rings. The lowest BCUT2D eigenvalue weighted by molar-refractivity contribution is -0.123. The van der Waals surface area contributed by atoms with E-state index in [1.165, 1.54) is 11.6 Å². The maximum Gasteiger partial charge on any atom is 0.259 e. The summed E-state index contributed by atoms with van der Waals surface area (Å²) in [5, 5.41) is 12.2. The van der Waals surface area contributed by atoms with Crippen molar-refractivity contribution in [3.8, 4) is 11.8 Å². The van der Waals surface area contributed by atoms with Gasteiger partial charge in [-0.05, 0) is 81.5 Å². The Balaban J connectivity index is 1.36. The molecule has 4 rings (SSSR count). The lowest BCUT2D eigenvalue weighted by atomic mass is 10.1. The number of allylic oxidation sites excluding steroid dienone is 1. The zero-order valence-electron chi connectivity index (χ0n) is 25.6. The number of carbonyl (C=O) groups is 2. The molecule has 0 aliphatic carbocycles. The summed E-state index contributed by atoms with van der Waals surface area (Å²) in [6.45, 7) is 4.70. The Labute approximate surface area is 261 Å². The summed E-state index contributed by atoms with van der Waals surface area (Å²) >= 11 is 0. The molecule has 9 nitrogen and oxygen atoms in total. The number of nitrogens with zero attached hydrogens (tertiary/aromatic N) is 3. The fourth-order valence-electron chi connectivity index (χ4n) is 4.44. The minimum Gasteiger partial charge on any atom is -0.388 e. The Morgan fingerprint density at radius 3 is 2.33 bits per heavy atom. The number of hydrogen-bond donors (Lipinski definition) is 4. The monoisotopic (exact) mass is 611 g/mol. The van der Waals surface area contributed by atoms with Crippen LogP contribution in [0.15, 0.2) is 78.1 Å². The van der Waals surface area contributed by atoms with Crippen LogP contribution in [0.4, 0.5) is 20.4 Å². The molecule has 0 aliphatic rings. The van der Waals surface area contributed by atoms with Crippen molar-refractivity contribution in [2.45, 2.75) is 26.9 Å². The van der Waals surface area contributed by atoms with E-state index in [1.54, 1.807) is 13.1 Å². The average molecular weight is 612 g/mol. The van der Waals surface area contributed by atoms with Crippen molar-refractivity contribution >= 4 is 34.4 Å². The van der Waals surface area contributed by atoms with Gasteiger partial charge in [0.25, 0.3) is 11.8 Å². The van der Waals surface area contributed by atoms with Crippen LogP contribution in [0.2, 0.25) is 0 Å². The highest BCUT2D eigenvalue weighted by molar-refractivity contribution is 6.19. The molecule has 232 valence electrons. The SMILES string of the molecule is CCN/C(C)=C(/C(=O)NCC#Cc1ccc2nc(Nc3ccc(CN(C)C)cc3)ncc2c1)C(=O)NCc1ccc(F)c(F)c1. The molecule has 0 unspecified atom stereocenters. The van der Waals surface area contributed by atoms with Crippen LogP contribution in [0, 0.1) is 23.5 Å². The van der Waals surface area contributed by atoms with Gasteiger partial charge in [0.15, 0.2) is 11.6 Å². The number of rotatable bonds is 11.